The molecule has 1 aromatic heterocycles. The number of hydrogen-bond acceptors (Lipinski definition) is 5. The Balaban J connectivity index is 1.71. The van der Waals surface area contributed by atoms with Crippen molar-refractivity contribution in [1.82, 2.24) is 14.5 Å². The van der Waals surface area contributed by atoms with Gasteiger partial charge < -0.3 is 10.0 Å². The van der Waals surface area contributed by atoms with Crippen molar-refractivity contribution >= 4 is 22.6 Å². The maximum absolute atomic E-state index is 12.4. The van der Waals surface area contributed by atoms with Crippen LogP contribution in [-0.4, -0.2) is 45.3 Å². The molecule has 0 spiro atoms. The van der Waals surface area contributed by atoms with E-state index in [0.717, 1.165) is 24.9 Å². The van der Waals surface area contributed by atoms with Crippen LogP contribution in [0.2, 0.25) is 0 Å². The van der Waals surface area contributed by atoms with E-state index in [0.29, 0.717) is 17.2 Å². The van der Waals surface area contributed by atoms with Crippen LogP contribution in [0.5, 0.6) is 0 Å². The molecule has 1 aliphatic heterocycles. The highest BCUT2D eigenvalue weighted by Gasteiger charge is 2.24. The first-order chi connectivity index (χ1) is 10.8. The summed E-state index contributed by atoms with van der Waals surface area (Å²) in [6.45, 7) is 1.44. The molecule has 0 aliphatic carbocycles. The second-order valence-electron chi connectivity index (χ2n) is 5.38. The van der Waals surface area contributed by atoms with E-state index in [4.69, 9.17) is 0 Å². The van der Waals surface area contributed by atoms with Crippen LogP contribution < -0.4 is 5.32 Å². The number of rotatable bonds is 3. The van der Waals surface area contributed by atoms with Gasteiger partial charge in [-0.2, -0.15) is 0 Å². The summed E-state index contributed by atoms with van der Waals surface area (Å²) in [4.78, 5) is 14.1. The number of urea groups is 1. The minimum atomic E-state index is -0.151. The highest BCUT2D eigenvalue weighted by Crippen LogP contribution is 2.29. The number of anilines is 1. The van der Waals surface area contributed by atoms with Crippen molar-refractivity contribution in [1.29, 1.82) is 0 Å². The number of nitrogens with one attached hydrogen (secondary N) is 1. The lowest BCUT2D eigenvalue weighted by Gasteiger charge is -2.31. The Bertz CT molecular complexity index is 631. The molecule has 22 heavy (non-hydrogen) atoms. The lowest BCUT2D eigenvalue weighted by molar-refractivity contribution is 0.136. The Kier molecular flexibility index (Phi) is 4.65. The molecule has 2 heterocycles. The normalized spacial score (nSPS) is 18.2. The molecule has 2 N–H and O–H groups in total. The topological polar surface area (TPSA) is 78.4 Å². The van der Waals surface area contributed by atoms with Gasteiger partial charge in [-0.3, -0.25) is 5.32 Å². The molecular formula is C15H18N4O2S. The SMILES string of the molecule is O=C(Nc1snnc1-c1ccccc1)N1CCC[C@H](CO)C1. The molecule has 1 fully saturated rings. The predicted octanol–water partition coefficient (Wildman–Crippen LogP) is 2.44. The van der Waals surface area contributed by atoms with Crippen molar-refractivity contribution in [3.8, 4) is 11.3 Å². The first-order valence-corrected chi connectivity index (χ1v) is 8.10. The van der Waals surface area contributed by atoms with Crippen molar-refractivity contribution in [2.24, 2.45) is 5.92 Å². The fourth-order valence-electron chi connectivity index (χ4n) is 2.63. The third-order valence-corrected chi connectivity index (χ3v) is 4.46. The lowest BCUT2D eigenvalue weighted by Crippen LogP contribution is -2.43. The summed E-state index contributed by atoms with van der Waals surface area (Å²) in [6.07, 6.45) is 1.89. The summed E-state index contributed by atoms with van der Waals surface area (Å²) in [5.41, 5.74) is 1.62. The highest BCUT2D eigenvalue weighted by molar-refractivity contribution is 7.10. The van der Waals surface area contributed by atoms with Crippen molar-refractivity contribution in [3.63, 3.8) is 0 Å². The van der Waals surface area contributed by atoms with Crippen molar-refractivity contribution in [2.45, 2.75) is 12.8 Å². The van der Waals surface area contributed by atoms with Crippen LogP contribution >= 0.6 is 11.5 Å². The minimum Gasteiger partial charge on any atom is -0.396 e. The van der Waals surface area contributed by atoms with Gasteiger partial charge in [-0.25, -0.2) is 4.79 Å². The van der Waals surface area contributed by atoms with Gasteiger partial charge in [0.25, 0.3) is 0 Å². The Labute approximate surface area is 132 Å². The molecule has 2 aromatic rings. The average Bonchev–Trinajstić information content (AvgIpc) is 3.04. The number of carbonyl (C=O) groups excluding carboxylic acids is 1. The molecule has 0 saturated carbocycles. The molecule has 1 saturated heterocycles. The van der Waals surface area contributed by atoms with E-state index in [2.05, 4.69) is 14.9 Å². The molecule has 2 amide bonds. The molecule has 0 unspecified atom stereocenters. The summed E-state index contributed by atoms with van der Waals surface area (Å²) in [5.74, 6) is 0.174. The first kappa shape index (κ1) is 14.9. The van der Waals surface area contributed by atoms with E-state index in [1.54, 1.807) is 4.90 Å². The van der Waals surface area contributed by atoms with Gasteiger partial charge in [0.1, 0.15) is 10.7 Å². The van der Waals surface area contributed by atoms with Gasteiger partial charge in [-0.05, 0) is 18.8 Å². The highest BCUT2D eigenvalue weighted by atomic mass is 32.1. The van der Waals surface area contributed by atoms with Crippen molar-refractivity contribution in [3.05, 3.63) is 30.3 Å². The quantitative estimate of drug-likeness (QED) is 0.911. The molecule has 7 heteroatoms. The Morgan fingerprint density at radius 2 is 2.23 bits per heavy atom. The number of aliphatic hydroxyl groups is 1. The largest absolute Gasteiger partial charge is 0.396 e. The number of likely N-dealkylation sites (tertiary alicyclic amines) is 1. The first-order valence-electron chi connectivity index (χ1n) is 7.32. The van der Waals surface area contributed by atoms with Gasteiger partial charge in [-0.1, -0.05) is 34.8 Å². The molecule has 0 radical (unpaired) electrons. The molecule has 1 aliphatic rings. The predicted molar refractivity (Wildman–Crippen MR) is 85.7 cm³/mol. The third-order valence-electron chi connectivity index (χ3n) is 3.82. The molecule has 0 bridgehead atoms. The monoisotopic (exact) mass is 318 g/mol. The zero-order chi connectivity index (χ0) is 15.4. The molecule has 3 rings (SSSR count). The number of hydrogen-bond donors (Lipinski definition) is 2. The smallest absolute Gasteiger partial charge is 0.322 e. The number of aromatic nitrogens is 2. The van der Waals surface area contributed by atoms with Crippen LogP contribution in [0.3, 0.4) is 0 Å². The Hall–Kier alpha value is -1.99. The van der Waals surface area contributed by atoms with E-state index < -0.39 is 0 Å². The zero-order valence-electron chi connectivity index (χ0n) is 12.1. The van der Waals surface area contributed by atoms with Gasteiger partial charge >= 0.3 is 6.03 Å². The Morgan fingerprint density at radius 1 is 1.41 bits per heavy atom. The average molecular weight is 318 g/mol. The van der Waals surface area contributed by atoms with E-state index in [-0.39, 0.29) is 18.6 Å². The van der Waals surface area contributed by atoms with E-state index in [1.165, 1.54) is 11.5 Å². The van der Waals surface area contributed by atoms with Gasteiger partial charge in [0.05, 0.1) is 0 Å². The van der Waals surface area contributed by atoms with Gasteiger partial charge in [0.15, 0.2) is 0 Å². The maximum Gasteiger partial charge on any atom is 0.322 e. The summed E-state index contributed by atoms with van der Waals surface area (Å²) in [7, 11) is 0. The fourth-order valence-corrected chi connectivity index (χ4v) is 3.21. The van der Waals surface area contributed by atoms with Crippen LogP contribution in [0.15, 0.2) is 30.3 Å². The van der Waals surface area contributed by atoms with Crippen molar-refractivity contribution in [2.75, 3.05) is 25.0 Å². The molecule has 1 atom stereocenters. The van der Waals surface area contributed by atoms with Crippen LogP contribution in [0.25, 0.3) is 11.3 Å². The zero-order valence-corrected chi connectivity index (χ0v) is 12.9. The minimum absolute atomic E-state index is 0.126. The number of piperidine rings is 1. The van der Waals surface area contributed by atoms with Crippen LogP contribution in [0.1, 0.15) is 12.8 Å². The summed E-state index contributed by atoms with van der Waals surface area (Å²) in [5, 5.41) is 16.9. The van der Waals surface area contributed by atoms with Gasteiger partial charge in [0, 0.05) is 36.8 Å². The molecule has 6 nitrogen and oxygen atoms in total. The lowest BCUT2D eigenvalue weighted by atomic mass is 9.99. The summed E-state index contributed by atoms with van der Waals surface area (Å²) in [6, 6.07) is 9.52. The summed E-state index contributed by atoms with van der Waals surface area (Å²) < 4.78 is 3.95. The van der Waals surface area contributed by atoms with Crippen molar-refractivity contribution < 1.29 is 9.90 Å². The van der Waals surface area contributed by atoms with Crippen LogP contribution in [0.4, 0.5) is 9.80 Å². The van der Waals surface area contributed by atoms with Crippen LogP contribution in [0, 0.1) is 5.92 Å². The van der Waals surface area contributed by atoms with Gasteiger partial charge in [-0.15, -0.1) is 5.10 Å². The number of amides is 2. The Morgan fingerprint density at radius 3 is 3.00 bits per heavy atom. The number of aliphatic hydroxyl groups excluding tert-OH is 1. The van der Waals surface area contributed by atoms with E-state index in [9.17, 15) is 9.90 Å². The third kappa shape index (κ3) is 3.26. The van der Waals surface area contributed by atoms with E-state index >= 15 is 0 Å². The second-order valence-corrected chi connectivity index (χ2v) is 6.14. The second kappa shape index (κ2) is 6.85. The fraction of sp³-hybridized carbons (Fsp3) is 0.400. The van der Waals surface area contributed by atoms with E-state index in [1.807, 2.05) is 30.3 Å². The molecule has 1 aromatic carbocycles. The van der Waals surface area contributed by atoms with Crippen LogP contribution in [-0.2, 0) is 0 Å². The number of carbonyl (C=O) groups is 1. The molecule has 116 valence electrons. The standard InChI is InChI=1S/C15H18N4O2S/c20-10-11-5-4-8-19(9-11)15(21)16-14-13(17-18-22-14)12-6-2-1-3-7-12/h1-3,6-7,11,20H,4-5,8-10H2,(H,16,21)/t11-/m0/s1. The van der Waals surface area contributed by atoms with Gasteiger partial charge in [0.2, 0.25) is 0 Å². The molecular weight excluding hydrogens is 300 g/mol. The number of benzene rings is 1. The maximum atomic E-state index is 12.4. The number of nitrogens with zero attached hydrogens (tertiary/aromatic N) is 3. The summed E-state index contributed by atoms with van der Waals surface area (Å²) >= 11 is 1.17.